The molecule has 1 N–H and O–H groups in total. The molecule has 0 spiro atoms. The van der Waals surface area contributed by atoms with Crippen molar-refractivity contribution in [3.05, 3.63) is 11.6 Å². The van der Waals surface area contributed by atoms with Crippen LogP contribution in [0.15, 0.2) is 0 Å². The van der Waals surface area contributed by atoms with Gasteiger partial charge in [-0.15, -0.1) is 10.2 Å². The van der Waals surface area contributed by atoms with Crippen molar-refractivity contribution in [3.63, 3.8) is 0 Å². The van der Waals surface area contributed by atoms with E-state index < -0.39 is 0 Å². The summed E-state index contributed by atoms with van der Waals surface area (Å²) in [4.78, 5) is 0. The first kappa shape index (κ1) is 13.1. The van der Waals surface area contributed by atoms with Crippen LogP contribution in [0.1, 0.15) is 69.6 Å². The number of hydrogen-bond donors (Lipinski definition) is 1. The van der Waals surface area contributed by atoms with Crippen molar-refractivity contribution in [3.8, 4) is 0 Å². The molecule has 1 aromatic heterocycles. The highest BCUT2D eigenvalue weighted by Gasteiger charge is 2.35. The van der Waals surface area contributed by atoms with Crippen molar-refractivity contribution < 1.29 is 0 Å². The van der Waals surface area contributed by atoms with Gasteiger partial charge in [-0.3, -0.25) is 0 Å². The molecule has 4 heteroatoms. The van der Waals surface area contributed by atoms with E-state index in [1.165, 1.54) is 50.8 Å². The molecule has 3 rings (SSSR count). The molecule has 106 valence electrons. The quantitative estimate of drug-likeness (QED) is 0.891. The molecule has 0 bridgehead atoms. The van der Waals surface area contributed by atoms with E-state index >= 15 is 0 Å². The largest absolute Gasteiger partial charge is 0.317 e. The van der Waals surface area contributed by atoms with Crippen LogP contribution in [0, 0.1) is 6.92 Å². The van der Waals surface area contributed by atoms with Crippen LogP contribution < -0.4 is 5.32 Å². The maximum absolute atomic E-state index is 4.57. The SMILES string of the molecule is Cc1nnc(C2(C)CCNCC2)n1C1CCCCC1. The number of aryl methyl sites for hydroxylation is 1. The van der Waals surface area contributed by atoms with Gasteiger partial charge in [-0.2, -0.15) is 0 Å². The predicted molar refractivity (Wildman–Crippen MR) is 76.3 cm³/mol. The molecule has 1 aromatic rings. The van der Waals surface area contributed by atoms with Crippen molar-refractivity contribution in [1.29, 1.82) is 0 Å². The highest BCUT2D eigenvalue weighted by atomic mass is 15.3. The van der Waals surface area contributed by atoms with Crippen molar-refractivity contribution in [2.45, 2.75) is 70.3 Å². The van der Waals surface area contributed by atoms with Gasteiger partial charge < -0.3 is 9.88 Å². The summed E-state index contributed by atoms with van der Waals surface area (Å²) in [5, 5.41) is 12.4. The van der Waals surface area contributed by atoms with Crippen LogP contribution in [-0.4, -0.2) is 27.9 Å². The van der Waals surface area contributed by atoms with E-state index in [0.717, 1.165) is 18.9 Å². The minimum Gasteiger partial charge on any atom is -0.317 e. The summed E-state index contributed by atoms with van der Waals surface area (Å²) in [5.74, 6) is 2.36. The van der Waals surface area contributed by atoms with E-state index in [1.54, 1.807) is 0 Å². The number of nitrogens with zero attached hydrogens (tertiary/aromatic N) is 3. The summed E-state index contributed by atoms with van der Waals surface area (Å²) in [6.07, 6.45) is 9.09. The van der Waals surface area contributed by atoms with Crippen molar-refractivity contribution in [2.24, 2.45) is 0 Å². The lowest BCUT2D eigenvalue weighted by atomic mass is 9.79. The molecule has 0 aromatic carbocycles. The number of nitrogens with one attached hydrogen (secondary N) is 1. The third-order valence-corrected chi connectivity index (χ3v) is 5.05. The van der Waals surface area contributed by atoms with Gasteiger partial charge in [0.25, 0.3) is 0 Å². The average Bonchev–Trinajstić information content (AvgIpc) is 2.83. The zero-order valence-corrected chi connectivity index (χ0v) is 12.3. The summed E-state index contributed by atoms with van der Waals surface area (Å²) in [6.45, 7) is 6.70. The maximum Gasteiger partial charge on any atom is 0.139 e. The van der Waals surface area contributed by atoms with Gasteiger partial charge in [0.05, 0.1) is 0 Å². The standard InChI is InChI=1S/C15H26N4/c1-12-17-18-14(15(2)8-10-16-11-9-15)19(12)13-6-4-3-5-7-13/h13,16H,3-11H2,1-2H3. The Morgan fingerprint density at radius 3 is 2.47 bits per heavy atom. The van der Waals surface area contributed by atoms with Gasteiger partial charge in [0.2, 0.25) is 0 Å². The number of piperidine rings is 1. The molecule has 0 atom stereocenters. The Morgan fingerprint density at radius 2 is 1.79 bits per heavy atom. The molecule has 2 aliphatic rings. The topological polar surface area (TPSA) is 42.7 Å². The second-order valence-corrected chi connectivity index (χ2v) is 6.54. The first-order chi connectivity index (χ1) is 9.21. The maximum atomic E-state index is 4.57. The van der Waals surface area contributed by atoms with Crippen molar-refractivity contribution >= 4 is 0 Å². The summed E-state index contributed by atoms with van der Waals surface area (Å²) >= 11 is 0. The van der Waals surface area contributed by atoms with Gasteiger partial charge in [-0.25, -0.2) is 0 Å². The van der Waals surface area contributed by atoms with Gasteiger partial charge in [-0.05, 0) is 45.7 Å². The molecule has 1 aliphatic carbocycles. The summed E-state index contributed by atoms with van der Waals surface area (Å²) < 4.78 is 2.48. The Bertz CT molecular complexity index is 425. The minimum absolute atomic E-state index is 0.212. The van der Waals surface area contributed by atoms with E-state index in [2.05, 4.69) is 33.9 Å². The summed E-state index contributed by atoms with van der Waals surface area (Å²) in [7, 11) is 0. The fourth-order valence-corrected chi connectivity index (χ4v) is 3.76. The smallest absolute Gasteiger partial charge is 0.139 e. The van der Waals surface area contributed by atoms with Gasteiger partial charge in [0.1, 0.15) is 11.6 Å². The van der Waals surface area contributed by atoms with Crippen molar-refractivity contribution in [1.82, 2.24) is 20.1 Å². The van der Waals surface area contributed by atoms with E-state index in [1.807, 2.05) is 0 Å². The van der Waals surface area contributed by atoms with Crippen molar-refractivity contribution in [2.75, 3.05) is 13.1 Å². The molecule has 1 saturated heterocycles. The molecular weight excluding hydrogens is 236 g/mol. The molecule has 1 aliphatic heterocycles. The lowest BCUT2D eigenvalue weighted by Gasteiger charge is -2.36. The predicted octanol–water partition coefficient (Wildman–Crippen LogP) is 2.73. The average molecular weight is 262 g/mol. The highest BCUT2D eigenvalue weighted by molar-refractivity contribution is 5.12. The molecule has 2 heterocycles. The van der Waals surface area contributed by atoms with E-state index in [4.69, 9.17) is 0 Å². The monoisotopic (exact) mass is 262 g/mol. The molecule has 1 saturated carbocycles. The van der Waals surface area contributed by atoms with Crippen LogP contribution in [0.2, 0.25) is 0 Å². The van der Waals surface area contributed by atoms with Crippen LogP contribution in [0.5, 0.6) is 0 Å². The highest BCUT2D eigenvalue weighted by Crippen LogP contribution is 2.37. The third kappa shape index (κ3) is 2.42. The zero-order valence-electron chi connectivity index (χ0n) is 12.3. The Hall–Kier alpha value is -0.900. The van der Waals surface area contributed by atoms with E-state index in [0.29, 0.717) is 6.04 Å². The van der Waals surface area contributed by atoms with Gasteiger partial charge in [0, 0.05) is 11.5 Å². The second-order valence-electron chi connectivity index (χ2n) is 6.54. The Labute approximate surface area is 116 Å². The normalized spacial score (nSPS) is 24.5. The minimum atomic E-state index is 0.212. The number of aromatic nitrogens is 3. The Balaban J connectivity index is 1.92. The molecule has 0 unspecified atom stereocenters. The molecular formula is C15H26N4. The molecule has 2 fully saturated rings. The van der Waals surface area contributed by atoms with Crippen LogP contribution >= 0.6 is 0 Å². The summed E-state index contributed by atoms with van der Waals surface area (Å²) in [5.41, 5.74) is 0.212. The number of hydrogen-bond acceptors (Lipinski definition) is 3. The van der Waals surface area contributed by atoms with Crippen LogP contribution in [0.25, 0.3) is 0 Å². The number of rotatable bonds is 2. The summed E-state index contributed by atoms with van der Waals surface area (Å²) in [6, 6.07) is 0.644. The van der Waals surface area contributed by atoms with Gasteiger partial charge in [0.15, 0.2) is 0 Å². The second kappa shape index (κ2) is 5.23. The Morgan fingerprint density at radius 1 is 1.11 bits per heavy atom. The molecule has 0 radical (unpaired) electrons. The van der Waals surface area contributed by atoms with E-state index in [-0.39, 0.29) is 5.41 Å². The first-order valence-electron chi connectivity index (χ1n) is 7.83. The van der Waals surface area contributed by atoms with Crippen LogP contribution in [0.4, 0.5) is 0 Å². The molecule has 4 nitrogen and oxygen atoms in total. The lowest BCUT2D eigenvalue weighted by Crippen LogP contribution is -2.40. The van der Waals surface area contributed by atoms with Gasteiger partial charge >= 0.3 is 0 Å². The fourth-order valence-electron chi connectivity index (χ4n) is 3.76. The van der Waals surface area contributed by atoms with Crippen LogP contribution in [-0.2, 0) is 5.41 Å². The first-order valence-corrected chi connectivity index (χ1v) is 7.83. The lowest BCUT2D eigenvalue weighted by molar-refractivity contribution is 0.276. The molecule has 19 heavy (non-hydrogen) atoms. The fraction of sp³-hybridized carbons (Fsp3) is 0.867. The Kier molecular flexibility index (Phi) is 3.61. The van der Waals surface area contributed by atoms with Gasteiger partial charge in [-0.1, -0.05) is 26.2 Å². The third-order valence-electron chi connectivity index (χ3n) is 5.05. The zero-order chi connectivity index (χ0) is 13.3. The van der Waals surface area contributed by atoms with E-state index in [9.17, 15) is 0 Å². The molecule has 0 amide bonds. The van der Waals surface area contributed by atoms with Crippen LogP contribution in [0.3, 0.4) is 0 Å².